The summed E-state index contributed by atoms with van der Waals surface area (Å²) < 4.78 is 39.5. The van der Waals surface area contributed by atoms with Crippen molar-refractivity contribution in [2.75, 3.05) is 79.3 Å². The van der Waals surface area contributed by atoms with Crippen molar-refractivity contribution in [2.24, 2.45) is 0 Å². The molecule has 2 aromatic carbocycles. The van der Waals surface area contributed by atoms with Crippen LogP contribution >= 0.6 is 0 Å². The molecule has 0 aliphatic carbocycles. The Labute approximate surface area is 293 Å². The second-order valence-corrected chi connectivity index (χ2v) is 12.4. The van der Waals surface area contributed by atoms with Gasteiger partial charge in [0.1, 0.15) is 24.7 Å². The smallest absolute Gasteiger partial charge is 0.119 e. The summed E-state index contributed by atoms with van der Waals surface area (Å²) in [6.45, 7) is 11.0. The average Bonchev–Trinajstić information content (AvgIpc) is 3.11. The van der Waals surface area contributed by atoms with Crippen LogP contribution in [0.1, 0.15) is 108 Å². The number of hydrogen-bond acceptors (Lipinski definition) is 7. The van der Waals surface area contributed by atoms with Crippen molar-refractivity contribution in [1.29, 1.82) is 0 Å². The monoisotopic (exact) mass is 672 g/mol. The predicted octanol–water partition coefficient (Wildman–Crippen LogP) is 9.42. The van der Waals surface area contributed by atoms with Crippen LogP contribution in [0, 0.1) is 0 Å². The van der Waals surface area contributed by atoms with Crippen molar-refractivity contribution in [3.05, 3.63) is 59.7 Å². The number of rotatable bonds is 35. The van der Waals surface area contributed by atoms with E-state index in [-0.39, 0.29) is 0 Å². The third kappa shape index (κ3) is 24.9. The third-order valence-electron chi connectivity index (χ3n) is 8.22. The lowest BCUT2D eigenvalue weighted by atomic mass is 10.0. The molecule has 0 amide bonds. The molecule has 0 spiro atoms. The molecule has 274 valence electrons. The van der Waals surface area contributed by atoms with Crippen molar-refractivity contribution < 1.29 is 33.2 Å². The molecule has 0 heterocycles. The first-order chi connectivity index (χ1) is 23.8. The van der Waals surface area contributed by atoms with Gasteiger partial charge in [-0.1, -0.05) is 109 Å². The van der Waals surface area contributed by atoms with E-state index in [4.69, 9.17) is 33.2 Å². The van der Waals surface area contributed by atoms with Gasteiger partial charge in [0.25, 0.3) is 0 Å². The van der Waals surface area contributed by atoms with Gasteiger partial charge >= 0.3 is 0 Å². The predicted molar refractivity (Wildman–Crippen MR) is 197 cm³/mol. The average molecular weight is 673 g/mol. The number of aryl methyl sites for hydroxylation is 2. The van der Waals surface area contributed by atoms with Gasteiger partial charge in [-0.05, 0) is 61.1 Å². The van der Waals surface area contributed by atoms with Crippen LogP contribution in [0.15, 0.2) is 48.5 Å². The summed E-state index contributed by atoms with van der Waals surface area (Å²) in [5.41, 5.74) is 2.77. The molecule has 7 nitrogen and oxygen atoms in total. The van der Waals surface area contributed by atoms with Gasteiger partial charge in [0.15, 0.2) is 0 Å². The van der Waals surface area contributed by atoms with Crippen molar-refractivity contribution in [3.8, 4) is 11.5 Å². The zero-order valence-corrected chi connectivity index (χ0v) is 30.6. The number of hydrogen-bond donors (Lipinski definition) is 0. The van der Waals surface area contributed by atoms with Gasteiger partial charge in [-0.2, -0.15) is 0 Å². The Hall–Kier alpha value is -2.16. The molecule has 0 atom stereocenters. The van der Waals surface area contributed by atoms with Crippen LogP contribution in [0.3, 0.4) is 0 Å². The third-order valence-corrected chi connectivity index (χ3v) is 8.22. The van der Waals surface area contributed by atoms with Crippen molar-refractivity contribution in [2.45, 2.75) is 110 Å². The van der Waals surface area contributed by atoms with E-state index < -0.39 is 0 Å². The van der Waals surface area contributed by atoms with E-state index in [0.717, 1.165) is 24.3 Å². The molecule has 0 bridgehead atoms. The van der Waals surface area contributed by atoms with E-state index >= 15 is 0 Å². The largest absolute Gasteiger partial charge is 0.491 e. The molecule has 0 fully saturated rings. The minimum absolute atomic E-state index is 0.534. The maximum absolute atomic E-state index is 5.79. The van der Waals surface area contributed by atoms with Crippen LogP contribution in [-0.2, 0) is 36.5 Å². The molecule has 7 heteroatoms. The molecular formula is C41H68O7. The lowest BCUT2D eigenvalue weighted by Gasteiger charge is -2.09. The summed E-state index contributed by atoms with van der Waals surface area (Å²) in [6, 6.07) is 17.0. The second-order valence-electron chi connectivity index (χ2n) is 12.4. The maximum atomic E-state index is 5.79. The molecule has 0 radical (unpaired) electrons. The van der Waals surface area contributed by atoms with E-state index in [1.165, 1.54) is 94.6 Å². The second kappa shape index (κ2) is 32.1. The fourth-order valence-electron chi connectivity index (χ4n) is 5.32. The summed E-state index contributed by atoms with van der Waals surface area (Å²) in [4.78, 5) is 0. The normalized spacial score (nSPS) is 11.3. The molecule has 0 saturated heterocycles. The van der Waals surface area contributed by atoms with Gasteiger partial charge in [0.05, 0.1) is 66.1 Å². The minimum atomic E-state index is 0.534. The van der Waals surface area contributed by atoms with Gasteiger partial charge in [0.2, 0.25) is 0 Å². The Morgan fingerprint density at radius 2 is 0.583 bits per heavy atom. The first-order valence-corrected chi connectivity index (χ1v) is 19.1. The molecule has 0 aromatic heterocycles. The number of benzene rings is 2. The zero-order valence-electron chi connectivity index (χ0n) is 30.6. The van der Waals surface area contributed by atoms with E-state index in [0.29, 0.717) is 79.3 Å². The summed E-state index contributed by atoms with van der Waals surface area (Å²) in [6.07, 6.45) is 19.7. The summed E-state index contributed by atoms with van der Waals surface area (Å²) in [7, 11) is 0. The fraction of sp³-hybridized carbons (Fsp3) is 0.707. The standard InChI is InChI=1S/C41H68O7/c1-3-5-7-9-11-13-15-17-39-20-24-41(25-21-39)48-37-35-46-33-31-44-29-27-42-26-28-43-30-32-45-34-36-47-40-22-18-38(19-23-40)16-14-12-10-8-6-4-2/h18-25H,3-17,26-37H2,1-2H3. The van der Waals surface area contributed by atoms with Gasteiger partial charge in [-0.25, -0.2) is 0 Å². The highest BCUT2D eigenvalue weighted by atomic mass is 16.6. The lowest BCUT2D eigenvalue weighted by molar-refractivity contribution is -0.0141. The van der Waals surface area contributed by atoms with Crippen LogP contribution in [0.5, 0.6) is 11.5 Å². The molecule has 0 N–H and O–H groups in total. The van der Waals surface area contributed by atoms with E-state index in [1.807, 2.05) is 0 Å². The Balaban J connectivity index is 1.27. The Morgan fingerprint density at radius 3 is 0.896 bits per heavy atom. The minimum Gasteiger partial charge on any atom is -0.491 e. The topological polar surface area (TPSA) is 64.6 Å². The molecule has 0 aliphatic rings. The van der Waals surface area contributed by atoms with Crippen molar-refractivity contribution in [3.63, 3.8) is 0 Å². The summed E-state index contributed by atoms with van der Waals surface area (Å²) >= 11 is 0. The maximum Gasteiger partial charge on any atom is 0.119 e. The Bertz CT molecular complexity index is 935. The van der Waals surface area contributed by atoms with Crippen LogP contribution in [0.4, 0.5) is 0 Å². The van der Waals surface area contributed by atoms with Crippen molar-refractivity contribution >= 4 is 0 Å². The van der Waals surface area contributed by atoms with Crippen LogP contribution < -0.4 is 9.47 Å². The van der Waals surface area contributed by atoms with Crippen LogP contribution in [-0.4, -0.2) is 79.3 Å². The Kier molecular flexibility index (Phi) is 28.1. The van der Waals surface area contributed by atoms with Crippen LogP contribution in [0.25, 0.3) is 0 Å². The molecule has 0 saturated carbocycles. The molecular weight excluding hydrogens is 604 g/mol. The number of ether oxygens (including phenoxy) is 7. The Morgan fingerprint density at radius 1 is 0.312 bits per heavy atom. The van der Waals surface area contributed by atoms with Gasteiger partial charge in [-0.15, -0.1) is 0 Å². The SMILES string of the molecule is CCCCCCCCCc1ccc(OCCOCCOCCOCCOCCOCCOc2ccc(CCCCCCCC)cc2)cc1. The number of unbranched alkanes of at least 4 members (excludes halogenated alkanes) is 11. The van der Waals surface area contributed by atoms with Gasteiger partial charge in [0, 0.05) is 0 Å². The highest BCUT2D eigenvalue weighted by Crippen LogP contribution is 2.16. The molecule has 0 aliphatic heterocycles. The molecule has 2 rings (SSSR count). The highest BCUT2D eigenvalue weighted by molar-refractivity contribution is 5.28. The molecule has 0 unspecified atom stereocenters. The van der Waals surface area contributed by atoms with E-state index in [2.05, 4.69) is 62.4 Å². The van der Waals surface area contributed by atoms with Crippen molar-refractivity contribution in [1.82, 2.24) is 0 Å². The summed E-state index contributed by atoms with van der Waals surface area (Å²) in [5.74, 6) is 1.79. The first kappa shape index (κ1) is 42.0. The lowest BCUT2D eigenvalue weighted by Crippen LogP contribution is -2.15. The van der Waals surface area contributed by atoms with Gasteiger partial charge in [-0.3, -0.25) is 0 Å². The first-order valence-electron chi connectivity index (χ1n) is 19.1. The quantitative estimate of drug-likeness (QED) is 0.0676. The van der Waals surface area contributed by atoms with E-state index in [1.54, 1.807) is 0 Å². The van der Waals surface area contributed by atoms with E-state index in [9.17, 15) is 0 Å². The van der Waals surface area contributed by atoms with Crippen LogP contribution in [0.2, 0.25) is 0 Å². The fourth-order valence-corrected chi connectivity index (χ4v) is 5.32. The molecule has 48 heavy (non-hydrogen) atoms. The summed E-state index contributed by atoms with van der Waals surface area (Å²) in [5, 5.41) is 0. The zero-order chi connectivity index (χ0) is 34.0. The van der Waals surface area contributed by atoms with Gasteiger partial charge < -0.3 is 33.2 Å². The molecule has 2 aromatic rings. The highest BCUT2D eigenvalue weighted by Gasteiger charge is 2.00.